The van der Waals surface area contributed by atoms with Gasteiger partial charge in [-0.3, -0.25) is 0 Å². The number of rotatable bonds is 5. The van der Waals surface area contributed by atoms with E-state index < -0.39 is 4.33 Å². The molecule has 7 heteroatoms. The van der Waals surface area contributed by atoms with E-state index in [2.05, 4.69) is 4.98 Å². The van der Waals surface area contributed by atoms with Gasteiger partial charge in [-0.05, 0) is 35.9 Å². The van der Waals surface area contributed by atoms with Gasteiger partial charge in [-0.2, -0.15) is 0 Å². The van der Waals surface area contributed by atoms with Crippen LogP contribution in [0.3, 0.4) is 0 Å². The Morgan fingerprint density at radius 1 is 1.00 bits per heavy atom. The summed E-state index contributed by atoms with van der Waals surface area (Å²) in [5.41, 5.74) is 1.06. The minimum absolute atomic E-state index is 0.561. The van der Waals surface area contributed by atoms with Gasteiger partial charge in [-0.1, -0.05) is 70.3 Å². The van der Waals surface area contributed by atoms with E-state index in [4.69, 9.17) is 46.4 Å². The normalized spacial score (nSPS) is 13.7. The molecule has 0 saturated carbocycles. The molecule has 3 rings (SSSR count). The molecule has 24 heavy (non-hydrogen) atoms. The zero-order chi connectivity index (χ0) is 17.2. The lowest BCUT2D eigenvalue weighted by Gasteiger charge is -2.28. The van der Waals surface area contributed by atoms with Crippen LogP contribution in [-0.2, 0) is 10.8 Å². The number of aromatic nitrogens is 2. The van der Waals surface area contributed by atoms with Crippen molar-refractivity contribution in [3.8, 4) is 0 Å². The van der Waals surface area contributed by atoms with Crippen LogP contribution in [0, 0.1) is 0 Å². The summed E-state index contributed by atoms with van der Waals surface area (Å²) in [6.45, 7) is 0. The maximum absolute atomic E-state index is 6.99. The first-order valence-corrected chi connectivity index (χ1v) is 9.35. The van der Waals surface area contributed by atoms with Crippen LogP contribution < -0.4 is 0 Å². The lowest BCUT2D eigenvalue weighted by molar-refractivity contribution is 0.605. The second-order valence-corrected chi connectivity index (χ2v) is 8.59. The van der Waals surface area contributed by atoms with E-state index >= 15 is 0 Å². The number of thioether (sulfide) groups is 1. The highest BCUT2D eigenvalue weighted by Gasteiger charge is 2.32. The zero-order valence-electron chi connectivity index (χ0n) is 12.3. The van der Waals surface area contributed by atoms with Crippen molar-refractivity contribution in [2.75, 3.05) is 0 Å². The SMILES string of the molecule is Clc1ccc(CC(Cl)(Sc2ccc(Cl)cc2Cl)n2ccnc2)cc1. The largest absolute Gasteiger partial charge is 0.308 e. The molecule has 1 unspecified atom stereocenters. The molecule has 0 fully saturated rings. The van der Waals surface area contributed by atoms with E-state index in [1.54, 1.807) is 24.7 Å². The number of benzene rings is 2. The summed E-state index contributed by atoms with van der Waals surface area (Å²) in [7, 11) is 0. The van der Waals surface area contributed by atoms with Crippen molar-refractivity contribution in [2.45, 2.75) is 15.6 Å². The van der Waals surface area contributed by atoms with Crippen LogP contribution in [0.4, 0.5) is 0 Å². The summed E-state index contributed by atoms with van der Waals surface area (Å²) in [6, 6.07) is 13.0. The van der Waals surface area contributed by atoms with Gasteiger partial charge in [0.2, 0.25) is 0 Å². The Hall–Kier alpha value is -0.840. The summed E-state index contributed by atoms with van der Waals surface area (Å²) in [6.07, 6.45) is 5.79. The molecule has 3 aromatic rings. The Labute approximate surface area is 164 Å². The van der Waals surface area contributed by atoms with Crippen LogP contribution >= 0.6 is 58.2 Å². The van der Waals surface area contributed by atoms with Crippen molar-refractivity contribution in [2.24, 2.45) is 0 Å². The fraction of sp³-hybridized carbons (Fsp3) is 0.118. The summed E-state index contributed by atoms with van der Waals surface area (Å²) in [5.74, 6) is 0. The van der Waals surface area contributed by atoms with Gasteiger partial charge >= 0.3 is 0 Å². The number of hydrogen-bond acceptors (Lipinski definition) is 2. The average Bonchev–Trinajstić information content (AvgIpc) is 3.08. The maximum atomic E-state index is 6.99. The third-order valence-electron chi connectivity index (χ3n) is 3.39. The van der Waals surface area contributed by atoms with Crippen molar-refractivity contribution in [3.05, 3.63) is 81.8 Å². The molecular weight excluding hydrogens is 406 g/mol. The Balaban J connectivity index is 1.95. The van der Waals surface area contributed by atoms with Crippen molar-refractivity contribution in [3.63, 3.8) is 0 Å². The fourth-order valence-corrected chi connectivity index (χ4v) is 4.45. The molecule has 1 atom stereocenters. The molecule has 0 amide bonds. The Morgan fingerprint density at radius 2 is 1.71 bits per heavy atom. The van der Waals surface area contributed by atoms with Gasteiger partial charge in [0.25, 0.3) is 0 Å². The van der Waals surface area contributed by atoms with Gasteiger partial charge in [-0.15, -0.1) is 0 Å². The van der Waals surface area contributed by atoms with Crippen molar-refractivity contribution >= 4 is 58.2 Å². The van der Waals surface area contributed by atoms with Gasteiger partial charge in [0.05, 0.1) is 11.3 Å². The van der Waals surface area contributed by atoms with E-state index in [0.29, 0.717) is 21.5 Å². The summed E-state index contributed by atoms with van der Waals surface area (Å²) < 4.78 is 1.04. The lowest BCUT2D eigenvalue weighted by atomic mass is 10.1. The van der Waals surface area contributed by atoms with Gasteiger partial charge < -0.3 is 4.57 Å². The van der Waals surface area contributed by atoms with Crippen LogP contribution in [0.2, 0.25) is 15.1 Å². The predicted octanol–water partition coefficient (Wildman–Crippen LogP) is 6.73. The molecule has 0 N–H and O–H groups in total. The number of halogens is 4. The molecule has 0 spiro atoms. The number of nitrogens with zero attached hydrogens (tertiary/aromatic N) is 2. The summed E-state index contributed by atoms with van der Waals surface area (Å²) in [4.78, 5) is 4.96. The first-order chi connectivity index (χ1) is 11.5. The first kappa shape index (κ1) is 18.0. The highest BCUT2D eigenvalue weighted by Crippen LogP contribution is 2.46. The molecule has 2 aromatic carbocycles. The Kier molecular flexibility index (Phi) is 5.68. The van der Waals surface area contributed by atoms with E-state index in [1.807, 2.05) is 41.1 Å². The molecular formula is C17H12Cl4N2S. The van der Waals surface area contributed by atoms with Crippen molar-refractivity contribution in [1.82, 2.24) is 9.55 Å². The van der Waals surface area contributed by atoms with E-state index in [9.17, 15) is 0 Å². The molecule has 2 nitrogen and oxygen atoms in total. The standard InChI is InChI=1S/C17H12Cl4N2S/c18-13-3-1-12(2-4-13)10-17(21,23-8-7-22-11-23)24-16-6-5-14(19)9-15(16)20/h1-9,11H,10H2. The second kappa shape index (κ2) is 7.59. The van der Waals surface area contributed by atoms with Gasteiger partial charge in [-0.25, -0.2) is 4.98 Å². The zero-order valence-corrected chi connectivity index (χ0v) is 16.1. The van der Waals surface area contributed by atoms with Crippen molar-refractivity contribution in [1.29, 1.82) is 0 Å². The van der Waals surface area contributed by atoms with Crippen molar-refractivity contribution < 1.29 is 0 Å². The van der Waals surface area contributed by atoms with E-state index in [-0.39, 0.29) is 0 Å². The topological polar surface area (TPSA) is 17.8 Å². The monoisotopic (exact) mass is 416 g/mol. The number of imidazole rings is 1. The third kappa shape index (κ3) is 4.22. The first-order valence-electron chi connectivity index (χ1n) is 7.02. The van der Waals surface area contributed by atoms with Gasteiger partial charge in [0, 0.05) is 33.8 Å². The minimum Gasteiger partial charge on any atom is -0.308 e. The fourth-order valence-electron chi connectivity index (χ4n) is 2.22. The predicted molar refractivity (Wildman–Crippen MR) is 104 cm³/mol. The number of alkyl halides is 1. The quantitative estimate of drug-likeness (QED) is 0.338. The summed E-state index contributed by atoms with van der Waals surface area (Å²) >= 11 is 26.7. The second-order valence-electron chi connectivity index (χ2n) is 5.14. The van der Waals surface area contributed by atoms with E-state index in [1.165, 1.54) is 11.8 Å². The van der Waals surface area contributed by atoms with Crippen LogP contribution in [0.5, 0.6) is 0 Å². The molecule has 0 aliphatic carbocycles. The molecule has 1 heterocycles. The smallest absolute Gasteiger partial charge is 0.175 e. The minimum atomic E-state index is -0.818. The molecule has 0 saturated heterocycles. The van der Waals surface area contributed by atoms with Crippen LogP contribution in [-0.4, -0.2) is 9.55 Å². The Bertz CT molecular complexity index is 821. The number of hydrogen-bond donors (Lipinski definition) is 0. The molecule has 1 aromatic heterocycles. The molecule has 124 valence electrons. The molecule has 0 bridgehead atoms. The van der Waals surface area contributed by atoms with Crippen LogP contribution in [0.1, 0.15) is 5.56 Å². The average molecular weight is 418 g/mol. The lowest BCUT2D eigenvalue weighted by Crippen LogP contribution is -2.25. The molecule has 0 aliphatic heterocycles. The molecule has 0 radical (unpaired) electrons. The van der Waals surface area contributed by atoms with Crippen LogP contribution in [0.15, 0.2) is 66.1 Å². The van der Waals surface area contributed by atoms with Gasteiger partial charge in [0.1, 0.15) is 0 Å². The molecule has 0 aliphatic rings. The Morgan fingerprint density at radius 3 is 2.33 bits per heavy atom. The van der Waals surface area contributed by atoms with E-state index in [0.717, 1.165) is 10.5 Å². The van der Waals surface area contributed by atoms with Crippen LogP contribution in [0.25, 0.3) is 0 Å². The highest BCUT2D eigenvalue weighted by atomic mass is 35.5. The highest BCUT2D eigenvalue weighted by molar-refractivity contribution is 8.01. The third-order valence-corrected chi connectivity index (χ3v) is 6.10. The maximum Gasteiger partial charge on any atom is 0.175 e. The van der Waals surface area contributed by atoms with Gasteiger partial charge in [0.15, 0.2) is 4.33 Å². The summed E-state index contributed by atoms with van der Waals surface area (Å²) in [5, 5.41) is 1.84.